The van der Waals surface area contributed by atoms with Crippen LogP contribution in [0.1, 0.15) is 47.0 Å². The van der Waals surface area contributed by atoms with Crippen molar-refractivity contribution < 1.29 is 5.11 Å². The lowest BCUT2D eigenvalue weighted by Crippen LogP contribution is -2.28. The number of aliphatic hydroxyl groups is 1. The van der Waals surface area contributed by atoms with Crippen molar-refractivity contribution in [1.82, 2.24) is 0 Å². The van der Waals surface area contributed by atoms with Crippen molar-refractivity contribution in [2.45, 2.75) is 52.5 Å². The topological polar surface area (TPSA) is 56.4 Å². The van der Waals surface area contributed by atoms with Crippen molar-refractivity contribution in [3.8, 4) is 0 Å². The van der Waals surface area contributed by atoms with E-state index in [1.165, 1.54) is 0 Å². The minimum Gasteiger partial charge on any atom is -0.396 e. The lowest BCUT2D eigenvalue weighted by molar-refractivity contribution is 0.217. The fourth-order valence-corrected chi connectivity index (χ4v) is 1.79. The Kier molecular flexibility index (Phi) is 4.54. The van der Waals surface area contributed by atoms with Crippen LogP contribution >= 0.6 is 0 Å². The predicted molar refractivity (Wildman–Crippen MR) is 53.9 cm³/mol. The third-order valence-corrected chi connectivity index (χ3v) is 2.05. The second kappa shape index (κ2) is 4.70. The third-order valence-electron chi connectivity index (χ3n) is 2.05. The molecule has 0 bridgehead atoms. The molecule has 2 N–H and O–H groups in total. The van der Waals surface area contributed by atoms with E-state index in [0.29, 0.717) is 0 Å². The Morgan fingerprint density at radius 1 is 1.23 bits per heavy atom. The molecule has 13 heavy (non-hydrogen) atoms. The summed E-state index contributed by atoms with van der Waals surface area (Å²) < 4.78 is 0. The first-order valence-corrected chi connectivity index (χ1v) is 4.82. The summed E-state index contributed by atoms with van der Waals surface area (Å²) in [5.41, 5.74) is 7.06. The quantitative estimate of drug-likeness (QED) is 0.637. The molecule has 0 aliphatic carbocycles. The van der Waals surface area contributed by atoms with E-state index in [4.69, 9.17) is 10.6 Å². The van der Waals surface area contributed by atoms with Gasteiger partial charge in [0, 0.05) is 6.61 Å². The number of hydrogen-bond donors (Lipinski definition) is 2. The maximum atomic E-state index is 8.72. The Morgan fingerprint density at radius 2 is 1.77 bits per heavy atom. The first-order valence-electron chi connectivity index (χ1n) is 4.82. The Hall–Kier alpha value is -0.440. The van der Waals surface area contributed by atoms with Gasteiger partial charge in [-0.1, -0.05) is 20.8 Å². The Morgan fingerprint density at radius 3 is 2.08 bits per heavy atom. The molecule has 0 aromatic carbocycles. The highest BCUT2D eigenvalue weighted by atomic mass is 16.2. The summed E-state index contributed by atoms with van der Waals surface area (Å²) in [6, 6.07) is 0. The van der Waals surface area contributed by atoms with Crippen LogP contribution in [0, 0.1) is 10.9 Å². The molecule has 0 amide bonds. The largest absolute Gasteiger partial charge is 0.396 e. The van der Waals surface area contributed by atoms with Crippen molar-refractivity contribution in [3.05, 3.63) is 0 Å². The van der Waals surface area contributed by atoms with Gasteiger partial charge in [-0.2, -0.15) is 5.11 Å². The van der Waals surface area contributed by atoms with Crippen molar-refractivity contribution >= 4 is 0 Å². The van der Waals surface area contributed by atoms with Crippen LogP contribution in [0.3, 0.4) is 0 Å². The van der Waals surface area contributed by atoms with Crippen molar-refractivity contribution in [3.63, 3.8) is 0 Å². The lowest BCUT2D eigenvalue weighted by atomic mass is 9.79. The standard InChI is InChI=1S/C10H22N2O/c1-9(2,3)8-10(4,12-11)6-5-7-13/h11,13H,5-8H2,1-4H3. The monoisotopic (exact) mass is 186 g/mol. The fraction of sp³-hybridized carbons (Fsp3) is 1.00. The van der Waals surface area contributed by atoms with Gasteiger partial charge in [0.2, 0.25) is 0 Å². The molecule has 78 valence electrons. The third kappa shape index (κ3) is 5.75. The maximum absolute atomic E-state index is 8.72. The molecule has 3 heteroatoms. The molecule has 0 heterocycles. The van der Waals surface area contributed by atoms with Gasteiger partial charge in [0.05, 0.1) is 5.54 Å². The van der Waals surface area contributed by atoms with Gasteiger partial charge in [0.15, 0.2) is 0 Å². The van der Waals surface area contributed by atoms with Gasteiger partial charge in [-0.25, -0.2) is 5.53 Å². The first kappa shape index (κ1) is 12.6. The van der Waals surface area contributed by atoms with Gasteiger partial charge >= 0.3 is 0 Å². The molecule has 0 aromatic rings. The van der Waals surface area contributed by atoms with Gasteiger partial charge in [-0.3, -0.25) is 0 Å². The van der Waals surface area contributed by atoms with Gasteiger partial charge in [0.25, 0.3) is 0 Å². The maximum Gasteiger partial charge on any atom is 0.0791 e. The molecule has 1 unspecified atom stereocenters. The highest BCUT2D eigenvalue weighted by molar-refractivity contribution is 4.85. The smallest absolute Gasteiger partial charge is 0.0791 e. The van der Waals surface area contributed by atoms with E-state index < -0.39 is 0 Å². The molecule has 0 aliphatic heterocycles. The van der Waals surface area contributed by atoms with Crippen molar-refractivity contribution in [1.29, 1.82) is 5.53 Å². The van der Waals surface area contributed by atoms with E-state index in [-0.39, 0.29) is 17.6 Å². The van der Waals surface area contributed by atoms with Gasteiger partial charge in [-0.15, -0.1) is 0 Å². The lowest BCUT2D eigenvalue weighted by Gasteiger charge is -2.30. The minimum absolute atomic E-state index is 0.189. The average molecular weight is 186 g/mol. The Labute approximate surface area is 81.1 Å². The molecule has 1 atom stereocenters. The minimum atomic E-state index is -0.291. The van der Waals surface area contributed by atoms with Crippen molar-refractivity contribution in [2.75, 3.05) is 6.61 Å². The second-order valence-corrected chi connectivity index (χ2v) is 5.17. The van der Waals surface area contributed by atoms with E-state index in [1.54, 1.807) is 0 Å². The zero-order valence-corrected chi connectivity index (χ0v) is 9.22. The molecule has 0 rings (SSSR count). The molecule has 0 aliphatic rings. The Balaban J connectivity index is 4.19. The summed E-state index contributed by atoms with van der Waals surface area (Å²) in [4.78, 5) is 0. The number of hydrogen-bond acceptors (Lipinski definition) is 3. The van der Waals surface area contributed by atoms with Crippen LogP contribution in [-0.2, 0) is 0 Å². The molecular weight excluding hydrogens is 164 g/mol. The molecular formula is C10H22N2O. The predicted octanol–water partition coefficient (Wildman–Crippen LogP) is 2.98. The summed E-state index contributed by atoms with van der Waals surface area (Å²) in [5, 5.41) is 12.4. The number of nitrogens with zero attached hydrogens (tertiary/aromatic N) is 1. The van der Waals surface area contributed by atoms with E-state index in [9.17, 15) is 0 Å². The van der Waals surface area contributed by atoms with E-state index in [1.807, 2.05) is 6.92 Å². The molecule has 0 fully saturated rings. The summed E-state index contributed by atoms with van der Waals surface area (Å²) in [6.07, 6.45) is 2.42. The number of aliphatic hydroxyl groups excluding tert-OH is 1. The van der Waals surface area contributed by atoms with Crippen LogP contribution in [0.15, 0.2) is 5.11 Å². The summed E-state index contributed by atoms with van der Waals surface area (Å²) in [5.74, 6) is 0. The van der Waals surface area contributed by atoms with Crippen LogP contribution < -0.4 is 0 Å². The number of rotatable bonds is 5. The SMILES string of the molecule is CC(C)(C)CC(C)(CCCO)N=N. The molecule has 0 radical (unpaired) electrons. The molecule has 0 aromatic heterocycles. The first-order chi connectivity index (χ1) is 5.83. The summed E-state index contributed by atoms with van der Waals surface area (Å²) in [6.45, 7) is 8.62. The van der Waals surface area contributed by atoms with Gasteiger partial charge < -0.3 is 5.11 Å². The highest BCUT2D eigenvalue weighted by Gasteiger charge is 2.28. The Bertz CT molecular complexity index is 163. The molecule has 3 nitrogen and oxygen atoms in total. The molecule has 0 saturated heterocycles. The zero-order chi connectivity index (χ0) is 10.5. The summed E-state index contributed by atoms with van der Waals surface area (Å²) in [7, 11) is 0. The van der Waals surface area contributed by atoms with E-state index in [2.05, 4.69) is 25.9 Å². The second-order valence-electron chi connectivity index (χ2n) is 5.17. The van der Waals surface area contributed by atoms with Crippen LogP contribution in [0.5, 0.6) is 0 Å². The number of nitrogens with one attached hydrogen (secondary N) is 1. The van der Waals surface area contributed by atoms with Crippen LogP contribution in [0.2, 0.25) is 0 Å². The molecule has 0 spiro atoms. The van der Waals surface area contributed by atoms with Gasteiger partial charge in [-0.05, 0) is 31.6 Å². The van der Waals surface area contributed by atoms with Gasteiger partial charge in [0.1, 0.15) is 0 Å². The van der Waals surface area contributed by atoms with Crippen molar-refractivity contribution in [2.24, 2.45) is 10.5 Å². The average Bonchev–Trinajstić information content (AvgIpc) is 1.98. The van der Waals surface area contributed by atoms with Crippen LogP contribution in [0.25, 0.3) is 0 Å². The van der Waals surface area contributed by atoms with E-state index in [0.717, 1.165) is 19.3 Å². The fourth-order valence-electron chi connectivity index (χ4n) is 1.79. The van der Waals surface area contributed by atoms with Crippen LogP contribution in [0.4, 0.5) is 0 Å². The van der Waals surface area contributed by atoms with E-state index >= 15 is 0 Å². The zero-order valence-electron chi connectivity index (χ0n) is 9.22. The molecule has 0 saturated carbocycles. The van der Waals surface area contributed by atoms with Crippen LogP contribution in [-0.4, -0.2) is 17.3 Å². The normalized spacial score (nSPS) is 16.7. The summed E-state index contributed by atoms with van der Waals surface area (Å²) >= 11 is 0. The highest BCUT2D eigenvalue weighted by Crippen LogP contribution is 2.32.